The van der Waals surface area contributed by atoms with Crippen LogP contribution in [0.3, 0.4) is 0 Å². The maximum atomic E-state index is 10.4. The molecule has 0 aliphatic carbocycles. The lowest BCUT2D eigenvalue weighted by Crippen LogP contribution is -2.19. The van der Waals surface area contributed by atoms with E-state index < -0.39 is 6.29 Å². The van der Waals surface area contributed by atoms with Crippen molar-refractivity contribution in [2.24, 2.45) is 0 Å². The number of hydrogen-bond acceptors (Lipinski definition) is 5. The van der Waals surface area contributed by atoms with Crippen molar-refractivity contribution in [2.75, 3.05) is 27.4 Å². The van der Waals surface area contributed by atoms with E-state index in [1.54, 1.807) is 6.08 Å². The second kappa shape index (κ2) is 7.49. The molecule has 0 aliphatic heterocycles. The molecular formula is C9H16O5. The molecule has 14 heavy (non-hydrogen) atoms. The Kier molecular flexibility index (Phi) is 7.00. The van der Waals surface area contributed by atoms with Gasteiger partial charge in [-0.25, -0.2) is 0 Å². The Morgan fingerprint density at radius 2 is 2.00 bits per heavy atom. The second-order valence-electron chi connectivity index (χ2n) is 2.54. The molecule has 0 spiro atoms. The fraction of sp³-hybridized carbons (Fsp3) is 0.667. The lowest BCUT2D eigenvalue weighted by Gasteiger charge is -2.15. The first-order valence-electron chi connectivity index (χ1n) is 4.14. The third kappa shape index (κ3) is 4.96. The van der Waals surface area contributed by atoms with Crippen LogP contribution < -0.4 is 0 Å². The maximum absolute atomic E-state index is 10.4. The number of esters is 1. The number of methoxy groups -OCH3 is 2. The molecule has 0 aromatic carbocycles. The summed E-state index contributed by atoms with van der Waals surface area (Å²) in [6.07, 6.45) is 0.953. The van der Waals surface area contributed by atoms with Gasteiger partial charge < -0.3 is 19.3 Å². The number of carbonyl (C=O) groups is 1. The van der Waals surface area contributed by atoms with Gasteiger partial charge in [-0.1, -0.05) is 0 Å². The summed E-state index contributed by atoms with van der Waals surface area (Å²) in [6, 6.07) is 0. The van der Waals surface area contributed by atoms with Crippen molar-refractivity contribution in [3.63, 3.8) is 0 Å². The second-order valence-corrected chi connectivity index (χ2v) is 2.54. The highest BCUT2D eigenvalue weighted by molar-refractivity contribution is 5.66. The van der Waals surface area contributed by atoms with Crippen molar-refractivity contribution >= 4 is 5.97 Å². The molecule has 0 aromatic heterocycles. The van der Waals surface area contributed by atoms with Crippen LogP contribution in [0.2, 0.25) is 0 Å². The highest BCUT2D eigenvalue weighted by Gasteiger charge is 2.10. The van der Waals surface area contributed by atoms with Gasteiger partial charge in [0, 0.05) is 26.7 Å². The minimum atomic E-state index is -0.601. The molecule has 0 fully saturated rings. The molecule has 0 bridgehead atoms. The molecule has 0 aliphatic rings. The Morgan fingerprint density at radius 1 is 1.43 bits per heavy atom. The normalized spacial score (nSPS) is 11.9. The molecule has 0 aromatic rings. The maximum Gasteiger partial charge on any atom is 0.302 e. The highest BCUT2D eigenvalue weighted by atomic mass is 16.7. The Balaban J connectivity index is 4.15. The number of hydrogen-bond donors (Lipinski definition) is 1. The van der Waals surface area contributed by atoms with Crippen LogP contribution in [0.4, 0.5) is 0 Å². The van der Waals surface area contributed by atoms with Crippen LogP contribution in [0, 0.1) is 0 Å². The Morgan fingerprint density at radius 3 is 2.36 bits per heavy atom. The van der Waals surface area contributed by atoms with Crippen molar-refractivity contribution in [1.82, 2.24) is 0 Å². The average molecular weight is 204 g/mol. The van der Waals surface area contributed by atoms with E-state index in [9.17, 15) is 4.79 Å². The summed E-state index contributed by atoms with van der Waals surface area (Å²) in [4.78, 5) is 10.4. The zero-order valence-corrected chi connectivity index (χ0v) is 8.65. The first kappa shape index (κ1) is 13.1. The van der Waals surface area contributed by atoms with Gasteiger partial charge in [-0.15, -0.1) is 0 Å². The van der Waals surface area contributed by atoms with Gasteiger partial charge in [-0.2, -0.15) is 0 Å². The molecule has 82 valence electrons. The van der Waals surface area contributed by atoms with Crippen molar-refractivity contribution in [1.29, 1.82) is 0 Å². The van der Waals surface area contributed by atoms with Crippen LogP contribution in [-0.2, 0) is 19.0 Å². The summed E-state index contributed by atoms with van der Waals surface area (Å²) in [5.74, 6) is -0.370. The average Bonchev–Trinajstić information content (AvgIpc) is 2.16. The summed E-state index contributed by atoms with van der Waals surface area (Å²) in [5.41, 5.74) is 0.524. The van der Waals surface area contributed by atoms with Gasteiger partial charge in [0.25, 0.3) is 0 Å². The molecule has 0 amide bonds. The van der Waals surface area contributed by atoms with E-state index in [0.717, 1.165) is 0 Å². The Bertz CT molecular complexity index is 195. The summed E-state index contributed by atoms with van der Waals surface area (Å²) in [7, 11) is 2.92. The molecule has 0 saturated carbocycles. The van der Waals surface area contributed by atoms with E-state index >= 15 is 0 Å². The van der Waals surface area contributed by atoms with Crippen LogP contribution in [-0.4, -0.2) is 44.8 Å². The largest absolute Gasteiger partial charge is 0.462 e. The third-order valence-electron chi connectivity index (χ3n) is 1.55. The van der Waals surface area contributed by atoms with Crippen molar-refractivity contribution < 1.29 is 24.1 Å². The standard InChI is InChI=1S/C9H16O5/c1-7(11)14-5-4-8(6-10)9(12-2)13-3/h4,9-10H,5-6H2,1-3H3. The van der Waals surface area contributed by atoms with Gasteiger partial charge in [0.05, 0.1) is 6.61 Å². The summed E-state index contributed by atoms with van der Waals surface area (Å²) < 4.78 is 14.5. The molecule has 0 heterocycles. The summed E-state index contributed by atoms with van der Waals surface area (Å²) in [6.45, 7) is 1.22. The first-order chi connectivity index (χ1) is 6.65. The van der Waals surface area contributed by atoms with Gasteiger partial charge in [0.15, 0.2) is 6.29 Å². The lowest BCUT2D eigenvalue weighted by atomic mass is 10.2. The van der Waals surface area contributed by atoms with Crippen molar-refractivity contribution in [3.05, 3.63) is 11.6 Å². The number of ether oxygens (including phenoxy) is 3. The molecule has 0 atom stereocenters. The molecule has 1 N–H and O–H groups in total. The molecule has 5 heteroatoms. The quantitative estimate of drug-likeness (QED) is 0.377. The highest BCUT2D eigenvalue weighted by Crippen LogP contribution is 2.05. The van der Waals surface area contributed by atoms with Crippen LogP contribution in [0.1, 0.15) is 6.92 Å². The molecular weight excluding hydrogens is 188 g/mol. The van der Waals surface area contributed by atoms with Gasteiger partial charge in [-0.3, -0.25) is 4.79 Å². The zero-order chi connectivity index (χ0) is 11.0. The molecule has 0 radical (unpaired) electrons. The fourth-order valence-electron chi connectivity index (χ4n) is 0.900. The van der Waals surface area contributed by atoms with E-state index in [0.29, 0.717) is 5.57 Å². The number of rotatable bonds is 6. The lowest BCUT2D eigenvalue weighted by molar-refractivity contribution is -0.139. The number of aliphatic hydroxyl groups is 1. The van der Waals surface area contributed by atoms with E-state index in [-0.39, 0.29) is 19.2 Å². The van der Waals surface area contributed by atoms with Gasteiger partial charge in [-0.05, 0) is 6.08 Å². The molecule has 0 unspecified atom stereocenters. The van der Waals surface area contributed by atoms with Gasteiger partial charge in [0.1, 0.15) is 6.61 Å². The molecule has 0 rings (SSSR count). The third-order valence-corrected chi connectivity index (χ3v) is 1.55. The topological polar surface area (TPSA) is 65.0 Å². The minimum absolute atomic E-state index is 0.106. The van der Waals surface area contributed by atoms with E-state index in [4.69, 9.17) is 14.6 Å². The molecule has 5 nitrogen and oxygen atoms in total. The predicted molar refractivity (Wildman–Crippen MR) is 49.6 cm³/mol. The summed E-state index contributed by atoms with van der Waals surface area (Å²) >= 11 is 0. The van der Waals surface area contributed by atoms with E-state index in [1.807, 2.05) is 0 Å². The SMILES string of the molecule is COC(OC)C(=CCOC(C)=O)CO. The Labute approximate surface area is 83.3 Å². The smallest absolute Gasteiger partial charge is 0.302 e. The predicted octanol–water partition coefficient (Wildman–Crippen LogP) is 0.0871. The van der Waals surface area contributed by atoms with Crippen LogP contribution in [0.25, 0.3) is 0 Å². The van der Waals surface area contributed by atoms with Gasteiger partial charge in [0.2, 0.25) is 0 Å². The van der Waals surface area contributed by atoms with Crippen molar-refractivity contribution in [3.8, 4) is 0 Å². The van der Waals surface area contributed by atoms with Crippen LogP contribution in [0.15, 0.2) is 11.6 Å². The van der Waals surface area contributed by atoms with E-state index in [2.05, 4.69) is 4.74 Å². The number of carbonyl (C=O) groups excluding carboxylic acids is 1. The minimum Gasteiger partial charge on any atom is -0.462 e. The van der Waals surface area contributed by atoms with Crippen molar-refractivity contribution in [2.45, 2.75) is 13.2 Å². The Hall–Kier alpha value is -0.910. The zero-order valence-electron chi connectivity index (χ0n) is 8.65. The van der Waals surface area contributed by atoms with Crippen LogP contribution in [0.5, 0.6) is 0 Å². The fourth-order valence-corrected chi connectivity index (χ4v) is 0.900. The van der Waals surface area contributed by atoms with Crippen LogP contribution >= 0.6 is 0 Å². The summed E-state index contributed by atoms with van der Waals surface area (Å²) in [5, 5.41) is 8.96. The van der Waals surface area contributed by atoms with Gasteiger partial charge >= 0.3 is 5.97 Å². The van der Waals surface area contributed by atoms with E-state index in [1.165, 1.54) is 21.1 Å². The monoisotopic (exact) mass is 204 g/mol. The first-order valence-corrected chi connectivity index (χ1v) is 4.14. The molecule has 0 saturated heterocycles. The number of aliphatic hydroxyl groups excluding tert-OH is 1.